The summed E-state index contributed by atoms with van der Waals surface area (Å²) >= 11 is 0. The second-order valence-corrected chi connectivity index (χ2v) is 6.57. The van der Waals surface area contributed by atoms with Crippen LogP contribution in [0.4, 0.5) is 0 Å². The van der Waals surface area contributed by atoms with Gasteiger partial charge in [0.05, 0.1) is 5.75 Å². The molecule has 1 saturated carbocycles. The molecule has 0 bridgehead atoms. The van der Waals surface area contributed by atoms with Crippen molar-refractivity contribution in [1.29, 1.82) is 0 Å². The van der Waals surface area contributed by atoms with Crippen LogP contribution in [0.15, 0.2) is 0 Å². The van der Waals surface area contributed by atoms with Gasteiger partial charge in [-0.2, -0.15) is 0 Å². The van der Waals surface area contributed by atoms with Gasteiger partial charge < -0.3 is 5.32 Å². The first-order valence-electron chi connectivity index (χ1n) is 5.86. The second kappa shape index (κ2) is 4.80. The van der Waals surface area contributed by atoms with E-state index in [0.717, 1.165) is 19.4 Å². The van der Waals surface area contributed by atoms with Crippen molar-refractivity contribution in [3.63, 3.8) is 0 Å². The third-order valence-electron chi connectivity index (χ3n) is 3.12. The Kier molecular flexibility index (Phi) is 3.64. The average Bonchev–Trinajstić information content (AvgIpc) is 2.99. The van der Waals surface area contributed by atoms with Crippen LogP contribution in [-0.4, -0.2) is 33.3 Å². The lowest BCUT2D eigenvalue weighted by molar-refractivity contribution is 0.422. The molecule has 1 aliphatic heterocycles. The predicted octanol–water partition coefficient (Wildman–Crippen LogP) is 0.458. The van der Waals surface area contributed by atoms with Crippen LogP contribution in [0.5, 0.6) is 0 Å². The normalized spacial score (nSPS) is 27.9. The van der Waals surface area contributed by atoms with E-state index in [1.807, 2.05) is 0 Å². The molecule has 2 rings (SSSR count). The highest BCUT2D eigenvalue weighted by atomic mass is 32.2. The lowest BCUT2D eigenvalue weighted by atomic mass is 10.1. The van der Waals surface area contributed by atoms with Crippen molar-refractivity contribution < 1.29 is 8.42 Å². The molecule has 1 heterocycles. The Morgan fingerprint density at radius 3 is 2.60 bits per heavy atom. The van der Waals surface area contributed by atoms with Gasteiger partial charge in [0.2, 0.25) is 10.0 Å². The van der Waals surface area contributed by atoms with Crippen LogP contribution in [0.3, 0.4) is 0 Å². The monoisotopic (exact) mass is 232 g/mol. The van der Waals surface area contributed by atoms with Crippen molar-refractivity contribution in [3.05, 3.63) is 0 Å². The third-order valence-corrected chi connectivity index (χ3v) is 4.57. The van der Waals surface area contributed by atoms with E-state index in [9.17, 15) is 8.42 Å². The molecule has 2 fully saturated rings. The zero-order valence-electron chi connectivity index (χ0n) is 9.04. The van der Waals surface area contributed by atoms with E-state index in [-0.39, 0.29) is 11.8 Å². The maximum absolute atomic E-state index is 11.7. The van der Waals surface area contributed by atoms with Gasteiger partial charge in [-0.1, -0.05) is 6.42 Å². The number of hydrogen-bond acceptors (Lipinski definition) is 3. The third kappa shape index (κ3) is 4.09. The molecule has 1 atom stereocenters. The summed E-state index contributed by atoms with van der Waals surface area (Å²) in [4.78, 5) is 0. The van der Waals surface area contributed by atoms with Gasteiger partial charge >= 0.3 is 0 Å². The molecule has 1 aliphatic carbocycles. The summed E-state index contributed by atoms with van der Waals surface area (Å²) in [6.45, 7) is 1.61. The molecule has 0 aromatic heterocycles. The summed E-state index contributed by atoms with van der Waals surface area (Å²) in [5, 5.41) is 3.26. The summed E-state index contributed by atoms with van der Waals surface area (Å²) < 4.78 is 26.1. The molecule has 2 N–H and O–H groups in total. The number of hydrogen-bond donors (Lipinski definition) is 2. The Hall–Kier alpha value is -0.130. The van der Waals surface area contributed by atoms with Crippen LogP contribution < -0.4 is 10.0 Å². The zero-order chi connectivity index (χ0) is 10.7. The smallest absolute Gasteiger partial charge is 0.213 e. The Bertz CT molecular complexity index is 293. The predicted molar refractivity (Wildman–Crippen MR) is 60.2 cm³/mol. The molecule has 0 aromatic carbocycles. The molecule has 88 valence electrons. The van der Waals surface area contributed by atoms with Gasteiger partial charge in [-0.25, -0.2) is 13.1 Å². The molecule has 5 heteroatoms. The lowest BCUT2D eigenvalue weighted by Crippen LogP contribution is -2.42. The van der Waals surface area contributed by atoms with E-state index < -0.39 is 10.0 Å². The van der Waals surface area contributed by atoms with E-state index >= 15 is 0 Å². The first-order chi connectivity index (χ1) is 7.16. The fourth-order valence-electron chi connectivity index (χ4n) is 1.96. The van der Waals surface area contributed by atoms with Crippen molar-refractivity contribution in [1.82, 2.24) is 10.0 Å². The summed E-state index contributed by atoms with van der Waals surface area (Å²) in [5.74, 6) is 0.860. The summed E-state index contributed by atoms with van der Waals surface area (Å²) in [6.07, 6.45) is 5.68. The maximum Gasteiger partial charge on any atom is 0.213 e. The number of rotatable bonds is 5. The fourth-order valence-corrected chi connectivity index (χ4v) is 3.38. The molecule has 2 aliphatic rings. The van der Waals surface area contributed by atoms with Crippen molar-refractivity contribution in [2.45, 2.75) is 38.1 Å². The molecule has 0 amide bonds. The zero-order valence-corrected chi connectivity index (χ0v) is 9.85. The van der Waals surface area contributed by atoms with Gasteiger partial charge in [0.15, 0.2) is 0 Å². The first kappa shape index (κ1) is 11.4. The highest BCUT2D eigenvalue weighted by molar-refractivity contribution is 7.89. The average molecular weight is 232 g/mol. The largest absolute Gasteiger partial charge is 0.313 e. The summed E-state index contributed by atoms with van der Waals surface area (Å²) in [6, 6.07) is 0.162. The summed E-state index contributed by atoms with van der Waals surface area (Å²) in [5.41, 5.74) is 0. The van der Waals surface area contributed by atoms with Crippen molar-refractivity contribution in [2.24, 2.45) is 5.92 Å². The standard InChI is InChI=1S/C10H20N2O2S/c13-15(14,12-7-9-4-5-9)8-10-3-1-2-6-11-10/h9-12H,1-8H2. The van der Waals surface area contributed by atoms with E-state index in [4.69, 9.17) is 0 Å². The van der Waals surface area contributed by atoms with Gasteiger partial charge in [-0.05, 0) is 38.1 Å². The molecular weight excluding hydrogens is 212 g/mol. The lowest BCUT2D eigenvalue weighted by Gasteiger charge is -2.23. The van der Waals surface area contributed by atoms with Crippen molar-refractivity contribution in [2.75, 3.05) is 18.8 Å². The molecule has 1 unspecified atom stereocenters. The van der Waals surface area contributed by atoms with Crippen LogP contribution in [-0.2, 0) is 10.0 Å². The quantitative estimate of drug-likeness (QED) is 0.724. The SMILES string of the molecule is O=S(=O)(CC1CCCCN1)NCC1CC1. The molecule has 0 aromatic rings. The van der Waals surface area contributed by atoms with E-state index in [1.165, 1.54) is 19.3 Å². The Balaban J connectivity index is 1.74. The highest BCUT2D eigenvalue weighted by Gasteiger charge is 2.25. The number of nitrogens with one attached hydrogen (secondary N) is 2. The molecule has 15 heavy (non-hydrogen) atoms. The maximum atomic E-state index is 11.7. The van der Waals surface area contributed by atoms with Crippen LogP contribution >= 0.6 is 0 Å². The molecular formula is C10H20N2O2S. The van der Waals surface area contributed by atoms with Crippen LogP contribution in [0.2, 0.25) is 0 Å². The van der Waals surface area contributed by atoms with Crippen LogP contribution in [0, 0.1) is 5.92 Å². The van der Waals surface area contributed by atoms with Crippen LogP contribution in [0.25, 0.3) is 0 Å². The van der Waals surface area contributed by atoms with E-state index in [0.29, 0.717) is 12.5 Å². The Morgan fingerprint density at radius 2 is 2.00 bits per heavy atom. The molecule has 0 spiro atoms. The highest BCUT2D eigenvalue weighted by Crippen LogP contribution is 2.27. The minimum absolute atomic E-state index is 0.162. The minimum Gasteiger partial charge on any atom is -0.313 e. The Labute approximate surface area is 91.9 Å². The fraction of sp³-hybridized carbons (Fsp3) is 1.00. The molecule has 1 saturated heterocycles. The Morgan fingerprint density at radius 1 is 1.20 bits per heavy atom. The van der Waals surface area contributed by atoms with E-state index in [2.05, 4.69) is 10.0 Å². The van der Waals surface area contributed by atoms with Gasteiger partial charge in [0.25, 0.3) is 0 Å². The number of sulfonamides is 1. The molecule has 0 radical (unpaired) electrons. The van der Waals surface area contributed by atoms with Crippen LogP contribution in [0.1, 0.15) is 32.1 Å². The van der Waals surface area contributed by atoms with Gasteiger partial charge in [-0.3, -0.25) is 0 Å². The first-order valence-corrected chi connectivity index (χ1v) is 7.52. The van der Waals surface area contributed by atoms with Gasteiger partial charge in [0.1, 0.15) is 0 Å². The van der Waals surface area contributed by atoms with E-state index in [1.54, 1.807) is 0 Å². The van der Waals surface area contributed by atoms with Gasteiger partial charge in [-0.15, -0.1) is 0 Å². The van der Waals surface area contributed by atoms with Gasteiger partial charge in [0, 0.05) is 12.6 Å². The van der Waals surface area contributed by atoms with Crippen molar-refractivity contribution >= 4 is 10.0 Å². The molecule has 4 nitrogen and oxygen atoms in total. The second-order valence-electron chi connectivity index (χ2n) is 4.72. The van der Waals surface area contributed by atoms with Crippen molar-refractivity contribution in [3.8, 4) is 0 Å². The topological polar surface area (TPSA) is 58.2 Å². The number of piperidine rings is 1. The minimum atomic E-state index is -3.05. The summed E-state index contributed by atoms with van der Waals surface area (Å²) in [7, 11) is -3.05.